The first-order valence-corrected chi connectivity index (χ1v) is 12.0. The molecule has 0 atom stereocenters. The van der Waals surface area contributed by atoms with E-state index in [2.05, 4.69) is 4.90 Å². The first kappa shape index (κ1) is 22.9. The minimum absolute atomic E-state index is 0.0172. The summed E-state index contributed by atoms with van der Waals surface area (Å²) in [6.07, 6.45) is -1.77. The highest BCUT2D eigenvalue weighted by Crippen LogP contribution is 2.41. The molecule has 2 aromatic carbocycles. The molecule has 0 N–H and O–H groups in total. The van der Waals surface area contributed by atoms with Gasteiger partial charge in [-0.3, -0.25) is 0 Å². The average molecular weight is 462 g/mol. The normalized spacial score (nSPS) is 16.6. The lowest BCUT2D eigenvalue weighted by Gasteiger charge is -2.32. The molecule has 1 heterocycles. The van der Waals surface area contributed by atoms with E-state index in [9.17, 15) is 21.6 Å². The largest absolute Gasteiger partial charge is 0.490 e. The smallest absolute Gasteiger partial charge is 0.417 e. The Labute approximate surface area is 179 Å². The summed E-state index contributed by atoms with van der Waals surface area (Å²) in [7, 11) is -2.98. The molecule has 0 aliphatic carbocycles. The molecule has 164 valence electrons. The van der Waals surface area contributed by atoms with Crippen LogP contribution in [0, 0.1) is 0 Å². The molecule has 3 rings (SSSR count). The van der Waals surface area contributed by atoms with E-state index >= 15 is 0 Å². The zero-order valence-corrected chi connectivity index (χ0v) is 18.0. The van der Waals surface area contributed by atoms with Gasteiger partial charge in [0.1, 0.15) is 21.7 Å². The van der Waals surface area contributed by atoms with Crippen LogP contribution < -0.4 is 4.74 Å². The Morgan fingerprint density at radius 1 is 1.10 bits per heavy atom. The summed E-state index contributed by atoms with van der Waals surface area (Å²) in [6.45, 7) is 2.00. The SMILES string of the molecule is CS(=O)(=O)CCN1CCC(Oc2ccc(-c3c(Cl)cccc3C(F)(F)F)cc2)CC1. The molecule has 4 nitrogen and oxygen atoms in total. The van der Waals surface area contributed by atoms with Gasteiger partial charge in [-0.25, -0.2) is 8.42 Å². The van der Waals surface area contributed by atoms with Crippen molar-refractivity contribution in [1.29, 1.82) is 0 Å². The lowest BCUT2D eigenvalue weighted by Crippen LogP contribution is -2.40. The molecule has 2 aromatic rings. The van der Waals surface area contributed by atoms with Gasteiger partial charge in [0, 0.05) is 36.5 Å². The van der Waals surface area contributed by atoms with Crippen molar-refractivity contribution >= 4 is 21.4 Å². The summed E-state index contributed by atoms with van der Waals surface area (Å²) in [5.74, 6) is 0.719. The predicted molar refractivity (Wildman–Crippen MR) is 112 cm³/mol. The van der Waals surface area contributed by atoms with Crippen LogP contribution in [0.1, 0.15) is 18.4 Å². The van der Waals surface area contributed by atoms with Crippen LogP contribution in [-0.2, 0) is 16.0 Å². The lowest BCUT2D eigenvalue weighted by atomic mass is 9.99. The molecule has 1 fully saturated rings. The topological polar surface area (TPSA) is 46.6 Å². The molecule has 1 aliphatic heterocycles. The van der Waals surface area contributed by atoms with Gasteiger partial charge < -0.3 is 9.64 Å². The molecule has 0 spiro atoms. The molecule has 0 bridgehead atoms. The van der Waals surface area contributed by atoms with Gasteiger partial charge in [0.15, 0.2) is 0 Å². The fourth-order valence-corrected chi connectivity index (χ4v) is 4.37. The summed E-state index contributed by atoms with van der Waals surface area (Å²) in [4.78, 5) is 2.10. The zero-order valence-electron chi connectivity index (χ0n) is 16.5. The van der Waals surface area contributed by atoms with Crippen LogP contribution >= 0.6 is 11.6 Å². The molecular weight excluding hydrogens is 439 g/mol. The maximum Gasteiger partial charge on any atom is 0.417 e. The average Bonchev–Trinajstić information content (AvgIpc) is 2.67. The van der Waals surface area contributed by atoms with E-state index in [0.717, 1.165) is 32.0 Å². The number of nitrogens with zero attached hydrogens (tertiary/aromatic N) is 1. The number of rotatable bonds is 6. The van der Waals surface area contributed by atoms with Crippen molar-refractivity contribution in [1.82, 2.24) is 4.90 Å². The molecule has 0 aromatic heterocycles. The quantitative estimate of drug-likeness (QED) is 0.613. The van der Waals surface area contributed by atoms with Crippen LogP contribution in [0.25, 0.3) is 11.1 Å². The van der Waals surface area contributed by atoms with Gasteiger partial charge in [-0.1, -0.05) is 29.8 Å². The second kappa shape index (κ2) is 9.16. The molecular formula is C21H23ClF3NO3S. The second-order valence-corrected chi connectivity index (χ2v) is 10.1. The molecule has 0 saturated carbocycles. The Bertz CT molecular complexity index is 970. The van der Waals surface area contributed by atoms with E-state index in [4.69, 9.17) is 16.3 Å². The van der Waals surface area contributed by atoms with Gasteiger partial charge in [-0.2, -0.15) is 13.2 Å². The third-order valence-corrected chi connectivity index (χ3v) is 6.32. The van der Waals surface area contributed by atoms with Gasteiger partial charge in [0.25, 0.3) is 0 Å². The van der Waals surface area contributed by atoms with Crippen molar-refractivity contribution in [3.63, 3.8) is 0 Å². The Kier molecular flexibility index (Phi) is 6.99. The zero-order chi connectivity index (χ0) is 21.9. The molecule has 0 unspecified atom stereocenters. The van der Waals surface area contributed by atoms with E-state index in [-0.39, 0.29) is 22.4 Å². The number of piperidine rings is 1. The summed E-state index contributed by atoms with van der Waals surface area (Å²) < 4.78 is 68.5. The predicted octanol–water partition coefficient (Wildman–Crippen LogP) is 4.91. The highest BCUT2D eigenvalue weighted by Gasteiger charge is 2.34. The van der Waals surface area contributed by atoms with Crippen molar-refractivity contribution in [3.05, 3.63) is 53.1 Å². The highest BCUT2D eigenvalue weighted by atomic mass is 35.5. The lowest BCUT2D eigenvalue weighted by molar-refractivity contribution is -0.137. The first-order chi connectivity index (χ1) is 14.0. The Hall–Kier alpha value is -1.77. The Morgan fingerprint density at radius 2 is 1.73 bits per heavy atom. The first-order valence-electron chi connectivity index (χ1n) is 9.56. The van der Waals surface area contributed by atoms with Crippen molar-refractivity contribution in [2.75, 3.05) is 31.6 Å². The van der Waals surface area contributed by atoms with Crippen molar-refractivity contribution in [2.24, 2.45) is 0 Å². The summed E-state index contributed by atoms with van der Waals surface area (Å²) in [5.41, 5.74) is -0.446. The minimum Gasteiger partial charge on any atom is -0.490 e. The van der Waals surface area contributed by atoms with E-state index in [0.29, 0.717) is 17.9 Å². The number of hydrogen-bond acceptors (Lipinski definition) is 4. The highest BCUT2D eigenvalue weighted by molar-refractivity contribution is 7.90. The van der Waals surface area contributed by atoms with E-state index in [1.54, 1.807) is 24.3 Å². The molecule has 1 aliphatic rings. The number of benzene rings is 2. The molecule has 9 heteroatoms. The number of halogens is 4. The van der Waals surface area contributed by atoms with Crippen LogP contribution in [0.15, 0.2) is 42.5 Å². The molecule has 1 saturated heterocycles. The van der Waals surface area contributed by atoms with Crippen LogP contribution in [0.3, 0.4) is 0 Å². The molecule has 0 radical (unpaired) electrons. The summed E-state index contributed by atoms with van der Waals surface area (Å²) in [6, 6.07) is 10.2. The van der Waals surface area contributed by atoms with Gasteiger partial charge >= 0.3 is 6.18 Å². The monoisotopic (exact) mass is 461 g/mol. The van der Waals surface area contributed by atoms with E-state index in [1.165, 1.54) is 18.4 Å². The van der Waals surface area contributed by atoms with Gasteiger partial charge in [0.05, 0.1) is 11.3 Å². The van der Waals surface area contributed by atoms with Crippen molar-refractivity contribution < 1.29 is 26.3 Å². The van der Waals surface area contributed by atoms with Crippen molar-refractivity contribution in [2.45, 2.75) is 25.1 Å². The fraction of sp³-hybridized carbons (Fsp3) is 0.429. The molecule has 30 heavy (non-hydrogen) atoms. The van der Waals surface area contributed by atoms with Crippen LogP contribution in [-0.4, -0.2) is 51.1 Å². The minimum atomic E-state index is -4.50. The van der Waals surface area contributed by atoms with Gasteiger partial charge in [-0.15, -0.1) is 0 Å². The number of hydrogen-bond donors (Lipinski definition) is 0. The van der Waals surface area contributed by atoms with Crippen LogP contribution in [0.2, 0.25) is 5.02 Å². The Morgan fingerprint density at radius 3 is 2.30 bits per heavy atom. The maximum atomic E-state index is 13.3. The van der Waals surface area contributed by atoms with Crippen LogP contribution in [0.4, 0.5) is 13.2 Å². The maximum absolute atomic E-state index is 13.3. The van der Waals surface area contributed by atoms with Gasteiger partial charge in [0.2, 0.25) is 0 Å². The van der Waals surface area contributed by atoms with Crippen molar-refractivity contribution in [3.8, 4) is 16.9 Å². The number of alkyl halides is 3. The number of ether oxygens (including phenoxy) is 1. The standard InChI is InChI=1S/C21H23ClF3NO3S/c1-30(27,28)14-13-26-11-9-17(10-12-26)29-16-7-5-15(6-8-16)20-18(21(23,24)25)3-2-4-19(20)22/h2-8,17H,9-14H2,1H3. The van der Waals surface area contributed by atoms with Crippen LogP contribution in [0.5, 0.6) is 5.75 Å². The Balaban J connectivity index is 1.63. The van der Waals surface area contributed by atoms with E-state index in [1.807, 2.05) is 0 Å². The third kappa shape index (κ3) is 6.12. The summed E-state index contributed by atoms with van der Waals surface area (Å²) in [5, 5.41) is 0.0416. The van der Waals surface area contributed by atoms with Gasteiger partial charge in [-0.05, 0) is 42.7 Å². The fourth-order valence-electron chi connectivity index (χ4n) is 3.49. The number of likely N-dealkylation sites (tertiary alicyclic amines) is 1. The third-order valence-electron chi connectivity index (χ3n) is 5.08. The second-order valence-electron chi connectivity index (χ2n) is 7.47. The number of sulfone groups is 1. The van der Waals surface area contributed by atoms with E-state index < -0.39 is 21.6 Å². The molecule has 0 amide bonds. The summed E-state index contributed by atoms with van der Waals surface area (Å²) >= 11 is 6.06.